The summed E-state index contributed by atoms with van der Waals surface area (Å²) >= 11 is 0. The van der Waals surface area contributed by atoms with Crippen LogP contribution >= 0.6 is 0 Å². The summed E-state index contributed by atoms with van der Waals surface area (Å²) in [5, 5.41) is 0. The van der Waals surface area contributed by atoms with Gasteiger partial charge in [0.05, 0.1) is 20.1 Å². The van der Waals surface area contributed by atoms with Crippen molar-refractivity contribution in [2.24, 2.45) is 7.05 Å². The molecular weight excluding hydrogens is 126 g/mol. The van der Waals surface area contributed by atoms with Crippen LogP contribution < -0.4 is 10.3 Å². The zero-order valence-electron chi connectivity index (χ0n) is 6.45. The second-order valence-electron chi connectivity index (χ2n) is 2.52. The van der Waals surface area contributed by atoms with Gasteiger partial charge in [0.2, 0.25) is 6.33 Å². The first-order valence-electron chi connectivity index (χ1n) is 3.63. The Bertz CT molecular complexity index is 192. The normalized spacial score (nSPS) is 10.2. The van der Waals surface area contributed by atoms with E-state index < -0.39 is 0 Å². The number of aromatic nitrogens is 2. The largest absolute Gasteiger partial charge is 0.357 e. The predicted molar refractivity (Wildman–Crippen MR) is 38.0 cm³/mol. The van der Waals surface area contributed by atoms with Crippen molar-refractivity contribution in [3.05, 3.63) is 18.7 Å². The summed E-state index contributed by atoms with van der Waals surface area (Å²) in [6, 6.07) is 0. The average Bonchev–Trinajstić information content (AvgIpc) is 2.31. The third-order valence-electron chi connectivity index (χ3n) is 1.49. The number of nitrogens with zero attached hydrogens (tertiary/aromatic N) is 2. The summed E-state index contributed by atoms with van der Waals surface area (Å²) in [5.41, 5.74) is 3.79. The molecule has 1 rings (SSSR count). The average molecular weight is 141 g/mol. The first-order valence-corrected chi connectivity index (χ1v) is 3.63. The molecule has 56 valence electrons. The van der Waals surface area contributed by atoms with Crippen molar-refractivity contribution in [1.82, 2.24) is 4.57 Å². The summed E-state index contributed by atoms with van der Waals surface area (Å²) in [6.07, 6.45) is 7.36. The van der Waals surface area contributed by atoms with E-state index in [0.717, 1.165) is 19.5 Å². The van der Waals surface area contributed by atoms with E-state index in [2.05, 4.69) is 22.8 Å². The maximum atomic E-state index is 3.79. The first-order chi connectivity index (χ1) is 4.83. The minimum Gasteiger partial charge on any atom is -0.357 e. The monoisotopic (exact) mass is 141 g/mol. The van der Waals surface area contributed by atoms with E-state index in [1.165, 1.54) is 0 Å². The molecule has 0 aromatic carbocycles. The lowest BCUT2D eigenvalue weighted by molar-refractivity contribution is -0.671. The van der Waals surface area contributed by atoms with Crippen LogP contribution in [0.25, 0.3) is 0 Å². The maximum absolute atomic E-state index is 3.79. The molecule has 0 aliphatic heterocycles. The quantitative estimate of drug-likeness (QED) is 0.521. The van der Waals surface area contributed by atoms with Crippen LogP contribution in [0.1, 0.15) is 6.42 Å². The zero-order chi connectivity index (χ0) is 7.40. The van der Waals surface area contributed by atoms with E-state index >= 15 is 0 Å². The molecule has 0 aliphatic carbocycles. The summed E-state index contributed by atoms with van der Waals surface area (Å²) in [6.45, 7) is 2.10. The molecule has 0 fully saturated rings. The molecule has 3 nitrogen and oxygen atoms in total. The lowest BCUT2D eigenvalue weighted by Crippen LogP contribution is -2.50. The Morgan fingerprint density at radius 1 is 1.60 bits per heavy atom. The number of hydrogen-bond acceptors (Lipinski definition) is 0. The minimum absolute atomic E-state index is 1.02. The predicted octanol–water partition coefficient (Wildman–Crippen LogP) is -1.06. The molecule has 3 heteroatoms. The molecule has 0 bridgehead atoms. The van der Waals surface area contributed by atoms with E-state index in [9.17, 15) is 0 Å². The van der Waals surface area contributed by atoms with Gasteiger partial charge in [0.25, 0.3) is 0 Å². The molecule has 1 heterocycles. The molecule has 0 spiro atoms. The van der Waals surface area contributed by atoms with Gasteiger partial charge in [-0.2, -0.15) is 0 Å². The Morgan fingerprint density at radius 3 is 2.90 bits per heavy atom. The third-order valence-corrected chi connectivity index (χ3v) is 1.49. The topological polar surface area (TPSA) is 36.5 Å². The van der Waals surface area contributed by atoms with Crippen LogP contribution in [-0.2, 0) is 13.6 Å². The third kappa shape index (κ3) is 1.84. The smallest absolute Gasteiger partial charge is 0.243 e. The molecular formula is C7H15N3+2. The Morgan fingerprint density at radius 2 is 2.40 bits per heavy atom. The second kappa shape index (κ2) is 3.37. The van der Waals surface area contributed by atoms with E-state index in [-0.39, 0.29) is 0 Å². The van der Waals surface area contributed by atoms with E-state index in [1.54, 1.807) is 0 Å². The molecule has 1 aromatic rings. The van der Waals surface area contributed by atoms with Crippen molar-refractivity contribution in [3.63, 3.8) is 0 Å². The zero-order valence-corrected chi connectivity index (χ0v) is 6.45. The fraction of sp³-hybridized carbons (Fsp3) is 0.571. The van der Waals surface area contributed by atoms with Crippen LogP contribution in [0, 0.1) is 0 Å². The van der Waals surface area contributed by atoms with Gasteiger partial charge in [-0.05, 0) is 0 Å². The van der Waals surface area contributed by atoms with Crippen LogP contribution in [0.3, 0.4) is 0 Å². The van der Waals surface area contributed by atoms with Crippen molar-refractivity contribution >= 4 is 0 Å². The number of rotatable bonds is 3. The molecule has 1 aromatic heterocycles. The standard InChI is InChI=1S/C7H14N3/c1-9-5-6-10(7-9)4-2-3-8/h5-7H,2-4,8H2,1H3/q+1/p+1. The van der Waals surface area contributed by atoms with Gasteiger partial charge in [0, 0.05) is 6.42 Å². The van der Waals surface area contributed by atoms with Gasteiger partial charge in [0.1, 0.15) is 12.4 Å². The van der Waals surface area contributed by atoms with Gasteiger partial charge in [-0.3, -0.25) is 0 Å². The Kier molecular flexibility index (Phi) is 2.45. The summed E-state index contributed by atoms with van der Waals surface area (Å²) in [7, 11) is 2.03. The fourth-order valence-electron chi connectivity index (χ4n) is 0.928. The van der Waals surface area contributed by atoms with Crippen molar-refractivity contribution in [2.45, 2.75) is 13.0 Å². The number of quaternary nitrogens is 1. The SMILES string of the molecule is C[n+]1ccn(CCC[NH3+])c1. The molecule has 0 amide bonds. The highest BCUT2D eigenvalue weighted by Crippen LogP contribution is 1.85. The lowest BCUT2D eigenvalue weighted by Gasteiger charge is -1.89. The summed E-state index contributed by atoms with van der Waals surface area (Å²) < 4.78 is 4.22. The van der Waals surface area contributed by atoms with Crippen molar-refractivity contribution < 1.29 is 10.3 Å². The van der Waals surface area contributed by atoms with E-state index in [4.69, 9.17) is 0 Å². The Hall–Kier alpha value is -0.830. The van der Waals surface area contributed by atoms with Crippen molar-refractivity contribution in [2.75, 3.05) is 6.54 Å². The molecule has 0 atom stereocenters. The molecule has 0 saturated heterocycles. The van der Waals surface area contributed by atoms with Crippen LogP contribution in [0.15, 0.2) is 18.7 Å². The van der Waals surface area contributed by atoms with Gasteiger partial charge in [-0.1, -0.05) is 0 Å². The first kappa shape index (κ1) is 7.28. The highest BCUT2D eigenvalue weighted by atomic mass is 15.1. The molecule has 10 heavy (non-hydrogen) atoms. The van der Waals surface area contributed by atoms with E-state index in [1.807, 2.05) is 17.8 Å². The second-order valence-corrected chi connectivity index (χ2v) is 2.52. The molecule has 0 radical (unpaired) electrons. The summed E-state index contributed by atoms with van der Waals surface area (Å²) in [5.74, 6) is 0. The highest BCUT2D eigenvalue weighted by Gasteiger charge is 1.97. The maximum Gasteiger partial charge on any atom is 0.243 e. The van der Waals surface area contributed by atoms with Gasteiger partial charge in [-0.15, -0.1) is 0 Å². The number of hydrogen-bond donors (Lipinski definition) is 1. The van der Waals surface area contributed by atoms with E-state index in [0.29, 0.717) is 0 Å². The minimum atomic E-state index is 1.02. The highest BCUT2D eigenvalue weighted by molar-refractivity contribution is 4.65. The number of imidazole rings is 1. The van der Waals surface area contributed by atoms with Crippen molar-refractivity contribution in [3.8, 4) is 0 Å². The fourth-order valence-corrected chi connectivity index (χ4v) is 0.928. The number of aryl methyl sites for hydroxylation is 2. The van der Waals surface area contributed by atoms with Crippen LogP contribution in [0.5, 0.6) is 0 Å². The molecule has 3 N–H and O–H groups in total. The van der Waals surface area contributed by atoms with Crippen LogP contribution in [0.4, 0.5) is 0 Å². The van der Waals surface area contributed by atoms with Gasteiger partial charge >= 0.3 is 0 Å². The Balaban J connectivity index is 2.42. The summed E-state index contributed by atoms with van der Waals surface area (Å²) in [4.78, 5) is 0. The van der Waals surface area contributed by atoms with Crippen LogP contribution in [-0.4, -0.2) is 11.1 Å². The molecule has 0 aliphatic rings. The lowest BCUT2D eigenvalue weighted by atomic mass is 10.4. The van der Waals surface area contributed by atoms with Crippen LogP contribution in [0.2, 0.25) is 0 Å². The molecule has 0 saturated carbocycles. The van der Waals surface area contributed by atoms with Gasteiger partial charge in [-0.25, -0.2) is 9.13 Å². The molecule has 0 unspecified atom stereocenters. The van der Waals surface area contributed by atoms with Crippen molar-refractivity contribution in [1.29, 1.82) is 0 Å². The van der Waals surface area contributed by atoms with Gasteiger partial charge in [0.15, 0.2) is 0 Å². The Labute approximate surface area is 61.1 Å². The van der Waals surface area contributed by atoms with Gasteiger partial charge < -0.3 is 5.73 Å².